The van der Waals surface area contributed by atoms with E-state index in [1.807, 2.05) is 40.7 Å². The third kappa shape index (κ3) is 3.72. The van der Waals surface area contributed by atoms with Crippen LogP contribution in [-0.4, -0.2) is 23.3 Å². The molecular weight excluding hydrogens is 357 g/mol. The second-order valence-electron chi connectivity index (χ2n) is 7.27. The van der Waals surface area contributed by atoms with Crippen LogP contribution in [0.15, 0.2) is 35.4 Å². The highest BCUT2D eigenvalue weighted by atomic mass is 32.2. The summed E-state index contributed by atoms with van der Waals surface area (Å²) in [5.41, 5.74) is 1.35. The lowest BCUT2D eigenvalue weighted by Gasteiger charge is -2.32. The average molecular weight is 378 g/mol. The van der Waals surface area contributed by atoms with Crippen LogP contribution < -0.4 is 10.2 Å². The fourth-order valence-corrected chi connectivity index (χ4v) is 3.15. The number of halogens is 2. The van der Waals surface area contributed by atoms with Crippen LogP contribution in [0.5, 0.6) is 0 Å². The first-order valence-electron chi connectivity index (χ1n) is 8.29. The first-order valence-corrected chi connectivity index (χ1v) is 9.11. The predicted octanol–water partition coefficient (Wildman–Crippen LogP) is 4.09. The largest absolute Gasteiger partial charge is 0.496 e. The van der Waals surface area contributed by atoms with Gasteiger partial charge in [0.05, 0.1) is 27.5 Å². The summed E-state index contributed by atoms with van der Waals surface area (Å²) in [6.07, 6.45) is 1.71. The molecule has 26 heavy (non-hydrogen) atoms. The van der Waals surface area contributed by atoms with Crippen LogP contribution in [-0.2, 0) is 9.31 Å². The lowest BCUT2D eigenvalue weighted by atomic mass is 9.80. The van der Waals surface area contributed by atoms with Crippen molar-refractivity contribution in [2.24, 2.45) is 0 Å². The Morgan fingerprint density at radius 3 is 2.35 bits per heavy atom. The van der Waals surface area contributed by atoms with Gasteiger partial charge in [0.1, 0.15) is 11.6 Å². The van der Waals surface area contributed by atoms with Crippen molar-refractivity contribution >= 4 is 30.2 Å². The Balaban J connectivity index is 1.78. The van der Waals surface area contributed by atoms with E-state index in [1.54, 1.807) is 6.20 Å². The maximum Gasteiger partial charge on any atom is 0.496 e. The molecule has 2 aromatic rings. The Labute approximate surface area is 157 Å². The number of rotatable bonds is 4. The summed E-state index contributed by atoms with van der Waals surface area (Å²) >= 11 is 1.06. The van der Waals surface area contributed by atoms with E-state index in [0.717, 1.165) is 29.2 Å². The quantitative estimate of drug-likeness (QED) is 0.642. The summed E-state index contributed by atoms with van der Waals surface area (Å²) in [5, 5.41) is 0. The minimum absolute atomic E-state index is 0.298. The smallest absolute Gasteiger partial charge is 0.399 e. The number of anilines is 1. The number of hydrogen-bond acceptors (Lipinski definition) is 5. The van der Waals surface area contributed by atoms with Crippen LogP contribution >= 0.6 is 11.9 Å². The molecule has 3 rings (SSSR count). The van der Waals surface area contributed by atoms with Gasteiger partial charge in [-0.1, -0.05) is 0 Å². The zero-order valence-electron chi connectivity index (χ0n) is 15.4. The number of aromatic nitrogens is 1. The number of pyridine rings is 1. The monoisotopic (exact) mass is 378 g/mol. The molecule has 1 aromatic heterocycles. The first kappa shape index (κ1) is 19.1. The number of benzene rings is 1. The third-order valence-corrected chi connectivity index (χ3v) is 5.67. The molecule has 0 unspecified atom stereocenters. The van der Waals surface area contributed by atoms with Crippen LogP contribution in [0.3, 0.4) is 0 Å². The van der Waals surface area contributed by atoms with Crippen LogP contribution in [0, 0.1) is 18.6 Å². The molecule has 0 aliphatic carbocycles. The third-order valence-electron chi connectivity index (χ3n) is 4.80. The van der Waals surface area contributed by atoms with Gasteiger partial charge in [0, 0.05) is 17.7 Å². The molecule has 1 fully saturated rings. The fraction of sp³-hybridized carbons (Fsp3) is 0.389. The standard InChI is InChI=1S/C18H21BF2N2O2S/c1-11-15(23-26-16-7-6-13(20)9-14(16)21)8-12(10-22-11)19-24-17(2,3)18(4,5)25-19/h6-10,23H,1-5H3. The summed E-state index contributed by atoms with van der Waals surface area (Å²) in [6.45, 7) is 9.79. The lowest BCUT2D eigenvalue weighted by molar-refractivity contribution is 0.00578. The number of nitrogens with zero attached hydrogens (tertiary/aromatic N) is 1. The van der Waals surface area contributed by atoms with Crippen molar-refractivity contribution in [2.45, 2.75) is 50.7 Å². The Morgan fingerprint density at radius 1 is 1.08 bits per heavy atom. The van der Waals surface area contributed by atoms with Crippen molar-refractivity contribution in [3.63, 3.8) is 0 Å². The van der Waals surface area contributed by atoms with Crippen LogP contribution in [0.1, 0.15) is 33.4 Å². The highest BCUT2D eigenvalue weighted by Crippen LogP contribution is 2.36. The van der Waals surface area contributed by atoms with Crippen LogP contribution in [0.2, 0.25) is 0 Å². The molecule has 2 heterocycles. The molecule has 4 nitrogen and oxygen atoms in total. The first-order chi connectivity index (χ1) is 12.1. The highest BCUT2D eigenvalue weighted by Gasteiger charge is 2.51. The molecule has 0 amide bonds. The SMILES string of the molecule is Cc1ncc(B2OC(C)(C)C(C)(C)O2)cc1NSc1ccc(F)cc1F. The Kier molecular flexibility index (Phi) is 5.03. The van der Waals surface area contributed by atoms with Crippen molar-refractivity contribution in [2.75, 3.05) is 4.72 Å². The van der Waals surface area contributed by atoms with Gasteiger partial charge in [-0.15, -0.1) is 0 Å². The molecular formula is C18H21BF2N2O2S. The normalized spacial score (nSPS) is 18.2. The molecule has 0 bridgehead atoms. The van der Waals surface area contributed by atoms with Crippen molar-refractivity contribution in [1.29, 1.82) is 0 Å². The van der Waals surface area contributed by atoms with Crippen molar-refractivity contribution in [3.05, 3.63) is 47.8 Å². The number of hydrogen-bond donors (Lipinski definition) is 1. The molecule has 138 valence electrons. The van der Waals surface area contributed by atoms with Gasteiger partial charge >= 0.3 is 7.12 Å². The van der Waals surface area contributed by atoms with Crippen molar-refractivity contribution in [1.82, 2.24) is 4.98 Å². The van der Waals surface area contributed by atoms with E-state index in [9.17, 15) is 8.78 Å². The van der Waals surface area contributed by atoms with Gasteiger partial charge in [-0.05, 0) is 64.8 Å². The van der Waals surface area contributed by atoms with E-state index < -0.39 is 30.0 Å². The molecule has 0 atom stereocenters. The van der Waals surface area contributed by atoms with Gasteiger partial charge in [0.25, 0.3) is 0 Å². The van der Waals surface area contributed by atoms with Gasteiger partial charge < -0.3 is 14.0 Å². The fourth-order valence-electron chi connectivity index (χ4n) is 2.43. The van der Waals surface area contributed by atoms with E-state index in [0.29, 0.717) is 10.6 Å². The zero-order chi connectivity index (χ0) is 19.1. The van der Waals surface area contributed by atoms with E-state index in [2.05, 4.69) is 9.71 Å². The Morgan fingerprint density at radius 2 is 1.73 bits per heavy atom. The molecule has 0 spiro atoms. The van der Waals surface area contributed by atoms with Crippen LogP contribution in [0.4, 0.5) is 14.5 Å². The Bertz CT molecular complexity index is 817. The van der Waals surface area contributed by atoms with Gasteiger partial charge in [0.2, 0.25) is 0 Å². The molecule has 1 aliphatic heterocycles. The lowest BCUT2D eigenvalue weighted by Crippen LogP contribution is -2.41. The molecule has 1 aromatic carbocycles. The second-order valence-corrected chi connectivity index (χ2v) is 8.12. The highest BCUT2D eigenvalue weighted by molar-refractivity contribution is 8.00. The van der Waals surface area contributed by atoms with Crippen LogP contribution in [0.25, 0.3) is 0 Å². The molecule has 1 aliphatic rings. The second kappa shape index (κ2) is 6.83. The van der Waals surface area contributed by atoms with Crippen molar-refractivity contribution in [3.8, 4) is 0 Å². The predicted molar refractivity (Wildman–Crippen MR) is 101 cm³/mol. The van der Waals surface area contributed by atoms with E-state index >= 15 is 0 Å². The summed E-state index contributed by atoms with van der Waals surface area (Å²) in [5.74, 6) is -1.22. The summed E-state index contributed by atoms with van der Waals surface area (Å²) < 4.78 is 42.0. The maximum absolute atomic E-state index is 13.8. The summed E-state index contributed by atoms with van der Waals surface area (Å²) in [6, 6.07) is 5.34. The zero-order valence-corrected chi connectivity index (χ0v) is 16.2. The average Bonchev–Trinajstić information content (AvgIpc) is 2.76. The molecule has 0 saturated carbocycles. The summed E-state index contributed by atoms with van der Waals surface area (Å²) in [7, 11) is -0.527. The Hall–Kier alpha value is -1.64. The van der Waals surface area contributed by atoms with E-state index in [4.69, 9.17) is 9.31 Å². The van der Waals surface area contributed by atoms with Gasteiger partial charge in [-0.25, -0.2) is 8.78 Å². The topological polar surface area (TPSA) is 43.4 Å². The van der Waals surface area contributed by atoms with E-state index in [-0.39, 0.29) is 0 Å². The minimum Gasteiger partial charge on any atom is -0.399 e. The van der Waals surface area contributed by atoms with Crippen molar-refractivity contribution < 1.29 is 18.1 Å². The van der Waals surface area contributed by atoms with E-state index in [1.165, 1.54) is 12.1 Å². The summed E-state index contributed by atoms with van der Waals surface area (Å²) in [4.78, 5) is 4.68. The number of aryl methyl sites for hydroxylation is 1. The van der Waals surface area contributed by atoms with Gasteiger partial charge in [-0.2, -0.15) is 0 Å². The molecule has 1 N–H and O–H groups in total. The van der Waals surface area contributed by atoms with Gasteiger partial charge in [-0.3, -0.25) is 4.98 Å². The maximum atomic E-state index is 13.8. The molecule has 0 radical (unpaired) electrons. The minimum atomic E-state index is -0.616. The van der Waals surface area contributed by atoms with Gasteiger partial charge in [0.15, 0.2) is 0 Å². The molecule has 1 saturated heterocycles. The molecule has 8 heteroatoms. The number of nitrogens with one attached hydrogen (secondary N) is 1.